The molecule has 5 nitrogen and oxygen atoms in total. The summed E-state index contributed by atoms with van der Waals surface area (Å²) in [5.74, 6) is 3.45. The van der Waals surface area contributed by atoms with Crippen molar-refractivity contribution in [1.29, 1.82) is 0 Å². The molecule has 4 saturated carbocycles. The predicted octanol–water partition coefficient (Wildman–Crippen LogP) is 2.75. The van der Waals surface area contributed by atoms with E-state index in [9.17, 15) is 13.2 Å². The van der Waals surface area contributed by atoms with Crippen LogP contribution in [-0.4, -0.2) is 45.2 Å². The van der Waals surface area contributed by atoms with E-state index in [0.717, 1.165) is 18.1 Å². The summed E-state index contributed by atoms with van der Waals surface area (Å²) in [5.41, 5.74) is 0. The van der Waals surface area contributed by atoms with Crippen molar-refractivity contribution >= 4 is 15.7 Å². The van der Waals surface area contributed by atoms with Crippen LogP contribution in [0, 0.1) is 23.7 Å². The quantitative estimate of drug-likeness (QED) is 0.791. The minimum absolute atomic E-state index is 0.0211. The van der Waals surface area contributed by atoms with Crippen LogP contribution in [0.3, 0.4) is 0 Å². The maximum Gasteiger partial charge on any atom is 0.260 e. The number of amides is 1. The van der Waals surface area contributed by atoms with Crippen LogP contribution >= 0.6 is 0 Å². The molecule has 1 amide bonds. The van der Waals surface area contributed by atoms with Gasteiger partial charge in [0.05, 0.1) is 4.90 Å². The average molecular weight is 378 g/mol. The number of ether oxygens (including phenoxy) is 1. The van der Waals surface area contributed by atoms with E-state index >= 15 is 0 Å². The van der Waals surface area contributed by atoms with E-state index in [2.05, 4.69) is 0 Å². The average Bonchev–Trinajstić information content (AvgIpc) is 2.58. The molecule has 0 unspecified atom stereocenters. The number of carbonyl (C=O) groups is 1. The Morgan fingerprint density at radius 1 is 1.12 bits per heavy atom. The number of carbonyl (C=O) groups excluding carboxylic acids is 1. The Morgan fingerprint density at radius 2 is 1.73 bits per heavy atom. The second kappa shape index (κ2) is 6.55. The molecule has 4 bridgehead atoms. The first-order valence-electron chi connectivity index (χ1n) is 9.50. The van der Waals surface area contributed by atoms with Crippen molar-refractivity contribution in [2.24, 2.45) is 23.7 Å². The van der Waals surface area contributed by atoms with E-state index in [0.29, 0.717) is 23.6 Å². The number of sulfone groups is 1. The second-order valence-corrected chi connectivity index (χ2v) is 10.5. The first-order valence-corrected chi connectivity index (χ1v) is 11.4. The lowest BCUT2D eigenvalue weighted by atomic mass is 9.54. The number of hydrogen-bond donors (Lipinski definition) is 0. The highest BCUT2D eigenvalue weighted by Crippen LogP contribution is 2.54. The van der Waals surface area contributed by atoms with Crippen LogP contribution in [0.25, 0.3) is 0 Å². The van der Waals surface area contributed by atoms with Crippen LogP contribution in [0.1, 0.15) is 32.1 Å². The van der Waals surface area contributed by atoms with Crippen LogP contribution < -0.4 is 4.74 Å². The molecule has 0 spiro atoms. The van der Waals surface area contributed by atoms with Gasteiger partial charge in [-0.2, -0.15) is 0 Å². The van der Waals surface area contributed by atoms with Crippen molar-refractivity contribution in [3.63, 3.8) is 0 Å². The molecule has 26 heavy (non-hydrogen) atoms. The SMILES string of the molecule is CN(C(=O)COc1cccc(S(C)(=O)=O)c1)C1C2CC3CC(C2)CC1C3. The summed E-state index contributed by atoms with van der Waals surface area (Å²) in [7, 11) is -1.38. The van der Waals surface area contributed by atoms with E-state index in [1.165, 1.54) is 44.2 Å². The van der Waals surface area contributed by atoms with Crippen molar-refractivity contribution in [3.05, 3.63) is 24.3 Å². The number of likely N-dealkylation sites (N-methyl/N-ethyl adjacent to an activating group) is 1. The maximum absolute atomic E-state index is 12.7. The zero-order valence-corrected chi connectivity index (χ0v) is 16.2. The van der Waals surface area contributed by atoms with E-state index in [1.54, 1.807) is 12.1 Å². The first kappa shape index (κ1) is 17.8. The fourth-order valence-electron chi connectivity index (χ4n) is 5.74. The van der Waals surface area contributed by atoms with Crippen molar-refractivity contribution < 1.29 is 17.9 Å². The monoisotopic (exact) mass is 377 g/mol. The smallest absolute Gasteiger partial charge is 0.260 e. The van der Waals surface area contributed by atoms with E-state index < -0.39 is 9.84 Å². The van der Waals surface area contributed by atoms with Gasteiger partial charge in [-0.15, -0.1) is 0 Å². The van der Waals surface area contributed by atoms with E-state index in [4.69, 9.17) is 4.74 Å². The van der Waals surface area contributed by atoms with Gasteiger partial charge in [0.15, 0.2) is 16.4 Å². The molecule has 142 valence electrons. The Kier molecular flexibility index (Phi) is 4.49. The van der Waals surface area contributed by atoms with E-state index in [1.807, 2.05) is 11.9 Å². The highest BCUT2D eigenvalue weighted by molar-refractivity contribution is 7.90. The third-order valence-corrected chi connectivity index (χ3v) is 7.72. The van der Waals surface area contributed by atoms with Crippen molar-refractivity contribution in [1.82, 2.24) is 4.90 Å². The summed E-state index contributed by atoms with van der Waals surface area (Å²) in [4.78, 5) is 14.8. The molecule has 6 heteroatoms. The lowest BCUT2D eigenvalue weighted by molar-refractivity contribution is -0.143. The van der Waals surface area contributed by atoms with Gasteiger partial charge in [0.1, 0.15) is 5.75 Å². The van der Waals surface area contributed by atoms with Gasteiger partial charge in [-0.25, -0.2) is 8.42 Å². The van der Waals surface area contributed by atoms with Gasteiger partial charge >= 0.3 is 0 Å². The fourth-order valence-corrected chi connectivity index (χ4v) is 6.39. The Hall–Kier alpha value is -1.56. The molecule has 1 aromatic rings. The topological polar surface area (TPSA) is 63.7 Å². The molecule has 4 fully saturated rings. The number of benzene rings is 1. The second-order valence-electron chi connectivity index (χ2n) is 8.46. The Bertz CT molecular complexity index is 776. The summed E-state index contributed by atoms with van der Waals surface area (Å²) in [6, 6.07) is 6.68. The van der Waals surface area contributed by atoms with Gasteiger partial charge in [0.25, 0.3) is 5.91 Å². The van der Waals surface area contributed by atoms with Gasteiger partial charge in [0, 0.05) is 19.3 Å². The van der Waals surface area contributed by atoms with Gasteiger partial charge < -0.3 is 9.64 Å². The van der Waals surface area contributed by atoms with Crippen molar-refractivity contribution in [2.75, 3.05) is 19.9 Å². The van der Waals surface area contributed by atoms with E-state index in [-0.39, 0.29) is 17.4 Å². The summed E-state index contributed by atoms with van der Waals surface area (Å²) in [5, 5.41) is 0. The molecule has 0 saturated heterocycles. The fraction of sp³-hybridized carbons (Fsp3) is 0.650. The molecule has 0 aliphatic heterocycles. The molecule has 0 atom stereocenters. The number of nitrogens with zero attached hydrogens (tertiary/aromatic N) is 1. The van der Waals surface area contributed by atoms with Crippen LogP contribution in [0.5, 0.6) is 5.75 Å². The van der Waals surface area contributed by atoms with Crippen LogP contribution in [0.2, 0.25) is 0 Å². The van der Waals surface area contributed by atoms with Crippen LogP contribution in [0.15, 0.2) is 29.2 Å². The number of rotatable bonds is 5. The lowest BCUT2D eigenvalue weighted by Gasteiger charge is -2.56. The summed E-state index contributed by atoms with van der Waals surface area (Å²) < 4.78 is 28.9. The van der Waals surface area contributed by atoms with Crippen LogP contribution in [-0.2, 0) is 14.6 Å². The third-order valence-electron chi connectivity index (χ3n) is 6.61. The largest absolute Gasteiger partial charge is 0.484 e. The molecule has 0 aromatic heterocycles. The highest BCUT2D eigenvalue weighted by atomic mass is 32.2. The van der Waals surface area contributed by atoms with Gasteiger partial charge in [-0.05, 0) is 74.0 Å². The third kappa shape index (κ3) is 3.36. The first-order chi connectivity index (χ1) is 12.3. The Balaban J connectivity index is 1.39. The molecular weight excluding hydrogens is 350 g/mol. The summed E-state index contributed by atoms with van der Waals surface area (Å²) >= 11 is 0. The Morgan fingerprint density at radius 3 is 2.31 bits per heavy atom. The minimum Gasteiger partial charge on any atom is -0.484 e. The maximum atomic E-state index is 12.7. The zero-order valence-electron chi connectivity index (χ0n) is 15.4. The van der Waals surface area contributed by atoms with Crippen molar-refractivity contribution in [2.45, 2.75) is 43.0 Å². The highest BCUT2D eigenvalue weighted by Gasteiger charge is 2.50. The molecule has 5 rings (SSSR count). The minimum atomic E-state index is -3.28. The molecule has 1 aromatic carbocycles. The number of hydrogen-bond acceptors (Lipinski definition) is 4. The molecule has 4 aliphatic carbocycles. The lowest BCUT2D eigenvalue weighted by Crippen LogP contribution is -2.56. The van der Waals surface area contributed by atoms with Crippen LogP contribution in [0.4, 0.5) is 0 Å². The molecule has 4 aliphatic rings. The van der Waals surface area contributed by atoms with Gasteiger partial charge in [-0.1, -0.05) is 6.07 Å². The van der Waals surface area contributed by atoms with Gasteiger partial charge in [0.2, 0.25) is 0 Å². The van der Waals surface area contributed by atoms with Gasteiger partial charge in [-0.3, -0.25) is 4.79 Å². The molecule has 0 N–H and O–H groups in total. The normalized spacial score (nSPS) is 32.5. The summed E-state index contributed by atoms with van der Waals surface area (Å²) in [6.45, 7) is -0.0491. The molecule has 0 radical (unpaired) electrons. The standard InChI is InChI=1S/C20H27NO4S/c1-21(20-15-7-13-6-14(9-15)10-16(20)8-13)19(22)12-25-17-4-3-5-18(11-17)26(2,23)24/h3-5,11,13-16,20H,6-10,12H2,1-2H3. The Labute approximate surface area is 155 Å². The van der Waals surface area contributed by atoms with Crippen molar-refractivity contribution in [3.8, 4) is 5.75 Å². The predicted molar refractivity (Wildman–Crippen MR) is 98.6 cm³/mol. The molecular formula is C20H27NO4S. The molecule has 0 heterocycles. The zero-order chi connectivity index (χ0) is 18.5. The summed E-state index contributed by atoms with van der Waals surface area (Å²) in [6.07, 6.45) is 7.65.